The van der Waals surface area contributed by atoms with Crippen molar-refractivity contribution < 1.29 is 0 Å². The summed E-state index contributed by atoms with van der Waals surface area (Å²) in [5.74, 6) is 1.70. The highest BCUT2D eigenvalue weighted by Gasteiger charge is 2.38. The summed E-state index contributed by atoms with van der Waals surface area (Å²) in [4.78, 5) is 0. The Morgan fingerprint density at radius 1 is 1.27 bits per heavy atom. The first-order valence-electron chi connectivity index (χ1n) is 8.02. The number of hydrogen-bond donors (Lipinski definition) is 2. The number of benzene rings is 1. The number of nitrogens with one attached hydrogen (secondary N) is 2. The van der Waals surface area contributed by atoms with Crippen molar-refractivity contribution in [2.24, 2.45) is 5.92 Å². The second-order valence-electron chi connectivity index (χ2n) is 6.47. The monoisotopic (exact) mass is 316 g/mol. The molecule has 2 aromatic rings. The van der Waals surface area contributed by atoms with Crippen LogP contribution in [0.15, 0.2) is 36.5 Å². The van der Waals surface area contributed by atoms with E-state index in [-0.39, 0.29) is 5.54 Å². The minimum absolute atomic E-state index is 0.148. The van der Waals surface area contributed by atoms with Crippen LogP contribution in [0.4, 0.5) is 5.82 Å². The largest absolute Gasteiger partial charge is 0.370 e. The van der Waals surface area contributed by atoms with Crippen LogP contribution >= 0.6 is 11.6 Å². The molecule has 1 aliphatic carbocycles. The molecule has 2 N–H and O–H groups in total. The number of rotatable bonds is 4. The Morgan fingerprint density at radius 2 is 2.09 bits per heavy atom. The number of halogens is 1. The maximum Gasteiger partial charge on any atom is 0.124 e. The molecule has 4 rings (SSSR count). The number of fused-ring (bicyclic) bond motifs is 1. The fourth-order valence-electron chi connectivity index (χ4n) is 3.53. The highest BCUT2D eigenvalue weighted by molar-refractivity contribution is 6.30. The summed E-state index contributed by atoms with van der Waals surface area (Å²) >= 11 is 6.02. The number of aromatic nitrogens is 2. The standard InChI is InChI=1S/C17H21ClN4/c18-15-4-2-14(3-5-15)17(7-1-8-17)20-11-13-10-19-16-6-9-21-22(16)12-13/h2-6,9,13,19-20H,1,7-8,10-12H2/t13-/m1/s1. The molecule has 0 bridgehead atoms. The molecule has 0 unspecified atom stereocenters. The molecule has 1 aromatic heterocycles. The molecular weight excluding hydrogens is 296 g/mol. The molecule has 2 heterocycles. The Labute approximate surface area is 135 Å². The molecule has 1 atom stereocenters. The predicted molar refractivity (Wildman–Crippen MR) is 89.2 cm³/mol. The average molecular weight is 317 g/mol. The van der Waals surface area contributed by atoms with Crippen LogP contribution in [0.5, 0.6) is 0 Å². The van der Waals surface area contributed by atoms with Crippen molar-refractivity contribution in [3.05, 3.63) is 47.1 Å². The minimum atomic E-state index is 0.148. The maximum atomic E-state index is 6.02. The molecule has 1 aliphatic heterocycles. The first kappa shape index (κ1) is 14.1. The lowest BCUT2D eigenvalue weighted by Gasteiger charge is -2.44. The summed E-state index contributed by atoms with van der Waals surface area (Å²) in [6.07, 6.45) is 5.57. The van der Waals surface area contributed by atoms with Gasteiger partial charge in [-0.25, -0.2) is 4.68 Å². The molecule has 1 saturated carbocycles. The smallest absolute Gasteiger partial charge is 0.124 e. The third kappa shape index (κ3) is 2.50. The second kappa shape index (κ2) is 5.60. The number of anilines is 1. The van der Waals surface area contributed by atoms with Crippen LogP contribution in [0, 0.1) is 5.92 Å². The maximum absolute atomic E-state index is 6.02. The quantitative estimate of drug-likeness (QED) is 0.910. The zero-order chi connectivity index (χ0) is 15.0. The van der Waals surface area contributed by atoms with Gasteiger partial charge in [0.25, 0.3) is 0 Å². The van der Waals surface area contributed by atoms with E-state index >= 15 is 0 Å². The Hall–Kier alpha value is -1.52. The van der Waals surface area contributed by atoms with E-state index in [0.29, 0.717) is 5.92 Å². The molecule has 1 aromatic carbocycles. The topological polar surface area (TPSA) is 41.9 Å². The van der Waals surface area contributed by atoms with Crippen molar-refractivity contribution in [2.75, 3.05) is 18.4 Å². The summed E-state index contributed by atoms with van der Waals surface area (Å²) in [5, 5.41) is 12.5. The lowest BCUT2D eigenvalue weighted by atomic mass is 9.71. The van der Waals surface area contributed by atoms with Gasteiger partial charge in [-0.3, -0.25) is 0 Å². The first-order valence-corrected chi connectivity index (χ1v) is 8.40. The highest BCUT2D eigenvalue weighted by Crippen LogP contribution is 2.41. The Bertz CT molecular complexity index is 645. The lowest BCUT2D eigenvalue weighted by Crippen LogP contribution is -2.51. The van der Waals surface area contributed by atoms with E-state index in [1.807, 2.05) is 24.4 Å². The molecule has 116 valence electrons. The van der Waals surface area contributed by atoms with E-state index in [1.54, 1.807) is 0 Å². The summed E-state index contributed by atoms with van der Waals surface area (Å²) < 4.78 is 2.06. The zero-order valence-corrected chi connectivity index (χ0v) is 13.3. The third-order valence-electron chi connectivity index (χ3n) is 5.05. The van der Waals surface area contributed by atoms with Gasteiger partial charge in [-0.2, -0.15) is 5.10 Å². The van der Waals surface area contributed by atoms with Gasteiger partial charge in [-0.05, 0) is 37.0 Å². The van der Waals surface area contributed by atoms with Crippen LogP contribution < -0.4 is 10.6 Å². The summed E-state index contributed by atoms with van der Waals surface area (Å²) in [7, 11) is 0. The molecule has 22 heavy (non-hydrogen) atoms. The van der Waals surface area contributed by atoms with E-state index in [4.69, 9.17) is 11.6 Å². The van der Waals surface area contributed by atoms with Gasteiger partial charge < -0.3 is 10.6 Å². The normalized spacial score (nSPS) is 22.5. The van der Waals surface area contributed by atoms with E-state index < -0.39 is 0 Å². The Balaban J connectivity index is 1.43. The van der Waals surface area contributed by atoms with Crippen LogP contribution in [0.2, 0.25) is 5.02 Å². The third-order valence-corrected chi connectivity index (χ3v) is 5.30. The van der Waals surface area contributed by atoms with Crippen molar-refractivity contribution in [3.8, 4) is 0 Å². The molecule has 0 radical (unpaired) electrons. The SMILES string of the molecule is Clc1ccc(C2(NC[C@H]3CNc4ccnn4C3)CCC2)cc1. The van der Waals surface area contributed by atoms with Gasteiger partial charge in [0.1, 0.15) is 5.82 Å². The van der Waals surface area contributed by atoms with Crippen LogP contribution in [-0.2, 0) is 12.1 Å². The van der Waals surface area contributed by atoms with Crippen LogP contribution in [0.25, 0.3) is 0 Å². The number of nitrogens with zero attached hydrogens (tertiary/aromatic N) is 2. The van der Waals surface area contributed by atoms with E-state index in [0.717, 1.165) is 30.5 Å². The van der Waals surface area contributed by atoms with Gasteiger partial charge in [0, 0.05) is 42.2 Å². The van der Waals surface area contributed by atoms with Gasteiger partial charge >= 0.3 is 0 Å². The minimum Gasteiger partial charge on any atom is -0.370 e. The van der Waals surface area contributed by atoms with Crippen LogP contribution in [0.1, 0.15) is 24.8 Å². The van der Waals surface area contributed by atoms with E-state index in [2.05, 4.69) is 32.5 Å². The van der Waals surface area contributed by atoms with Gasteiger partial charge in [0.2, 0.25) is 0 Å². The van der Waals surface area contributed by atoms with Crippen molar-refractivity contribution in [3.63, 3.8) is 0 Å². The molecule has 5 heteroatoms. The van der Waals surface area contributed by atoms with Gasteiger partial charge in [-0.15, -0.1) is 0 Å². The average Bonchev–Trinajstić information content (AvgIpc) is 2.95. The van der Waals surface area contributed by atoms with Crippen LogP contribution in [-0.4, -0.2) is 22.9 Å². The zero-order valence-electron chi connectivity index (χ0n) is 12.6. The highest BCUT2D eigenvalue weighted by atomic mass is 35.5. The number of hydrogen-bond acceptors (Lipinski definition) is 3. The van der Waals surface area contributed by atoms with Gasteiger partial charge in [0.15, 0.2) is 0 Å². The van der Waals surface area contributed by atoms with Gasteiger partial charge in [0.05, 0.1) is 6.20 Å². The molecule has 4 nitrogen and oxygen atoms in total. The Kier molecular flexibility index (Phi) is 3.59. The van der Waals surface area contributed by atoms with Crippen molar-refractivity contribution in [2.45, 2.75) is 31.3 Å². The second-order valence-corrected chi connectivity index (χ2v) is 6.91. The molecular formula is C17H21ClN4. The first-order chi connectivity index (χ1) is 10.8. The summed E-state index contributed by atoms with van der Waals surface area (Å²) in [6.45, 7) is 3.00. The lowest BCUT2D eigenvalue weighted by molar-refractivity contribution is 0.172. The molecule has 0 amide bonds. The van der Waals surface area contributed by atoms with Crippen molar-refractivity contribution >= 4 is 17.4 Å². The van der Waals surface area contributed by atoms with E-state index in [1.165, 1.54) is 24.8 Å². The van der Waals surface area contributed by atoms with Crippen molar-refractivity contribution in [1.82, 2.24) is 15.1 Å². The molecule has 2 aliphatic rings. The fraction of sp³-hybridized carbons (Fsp3) is 0.471. The summed E-state index contributed by atoms with van der Waals surface area (Å²) in [6, 6.07) is 10.4. The molecule has 1 fully saturated rings. The van der Waals surface area contributed by atoms with Gasteiger partial charge in [-0.1, -0.05) is 23.7 Å². The van der Waals surface area contributed by atoms with E-state index in [9.17, 15) is 0 Å². The summed E-state index contributed by atoms with van der Waals surface area (Å²) in [5.41, 5.74) is 1.52. The predicted octanol–water partition coefficient (Wildman–Crippen LogP) is 3.25. The van der Waals surface area contributed by atoms with Crippen LogP contribution in [0.3, 0.4) is 0 Å². The fourth-order valence-corrected chi connectivity index (χ4v) is 3.66. The van der Waals surface area contributed by atoms with Crippen molar-refractivity contribution in [1.29, 1.82) is 0 Å². The molecule has 0 spiro atoms. The molecule has 0 saturated heterocycles. The Morgan fingerprint density at radius 3 is 2.82 bits per heavy atom.